The Bertz CT molecular complexity index is 772. The summed E-state index contributed by atoms with van der Waals surface area (Å²) < 4.78 is 4.13. The van der Waals surface area contributed by atoms with Crippen molar-refractivity contribution in [1.29, 1.82) is 0 Å². The van der Waals surface area contributed by atoms with Gasteiger partial charge in [-0.25, -0.2) is 15.0 Å². The van der Waals surface area contributed by atoms with Gasteiger partial charge < -0.3 is 14.0 Å². The van der Waals surface area contributed by atoms with Gasteiger partial charge in [0.25, 0.3) is 0 Å². The van der Waals surface area contributed by atoms with E-state index in [4.69, 9.17) is 0 Å². The van der Waals surface area contributed by atoms with Gasteiger partial charge in [-0.1, -0.05) is 0 Å². The second kappa shape index (κ2) is 6.38. The first-order chi connectivity index (χ1) is 11.8. The SMILES string of the molecule is Cn1c(Cn2ccnc2)nnc1C1CCN(c2ncccn2)CC1. The zero-order chi connectivity index (χ0) is 16.4. The molecule has 1 aliphatic heterocycles. The zero-order valence-electron chi connectivity index (χ0n) is 13.7. The van der Waals surface area contributed by atoms with Gasteiger partial charge in [-0.15, -0.1) is 10.2 Å². The average molecular weight is 324 g/mol. The van der Waals surface area contributed by atoms with Crippen LogP contribution in [0.25, 0.3) is 0 Å². The number of aromatic nitrogens is 7. The molecule has 3 aromatic rings. The smallest absolute Gasteiger partial charge is 0.225 e. The number of piperidine rings is 1. The van der Waals surface area contributed by atoms with E-state index < -0.39 is 0 Å². The van der Waals surface area contributed by atoms with Crippen LogP contribution in [0.1, 0.15) is 30.4 Å². The maximum Gasteiger partial charge on any atom is 0.225 e. The first-order valence-electron chi connectivity index (χ1n) is 8.17. The van der Waals surface area contributed by atoms with Gasteiger partial charge in [-0.2, -0.15) is 0 Å². The number of imidazole rings is 1. The third-order valence-corrected chi connectivity index (χ3v) is 4.58. The molecule has 0 aliphatic carbocycles. The quantitative estimate of drug-likeness (QED) is 0.718. The molecule has 1 fully saturated rings. The molecule has 1 saturated heterocycles. The van der Waals surface area contributed by atoms with E-state index >= 15 is 0 Å². The van der Waals surface area contributed by atoms with Gasteiger partial charge in [-0.3, -0.25) is 0 Å². The summed E-state index contributed by atoms with van der Waals surface area (Å²) in [6.45, 7) is 2.58. The lowest BCUT2D eigenvalue weighted by Gasteiger charge is -2.31. The summed E-state index contributed by atoms with van der Waals surface area (Å²) in [6, 6.07) is 1.84. The summed E-state index contributed by atoms with van der Waals surface area (Å²) in [5.74, 6) is 3.27. The maximum atomic E-state index is 4.45. The molecule has 0 bridgehead atoms. The second-order valence-corrected chi connectivity index (χ2v) is 6.08. The summed E-state index contributed by atoms with van der Waals surface area (Å²) in [5.41, 5.74) is 0. The van der Waals surface area contributed by atoms with Crippen LogP contribution in [0.3, 0.4) is 0 Å². The Morgan fingerprint density at radius 3 is 2.58 bits per heavy atom. The molecule has 0 saturated carbocycles. The molecule has 4 heterocycles. The minimum absolute atomic E-state index is 0.430. The normalized spacial score (nSPS) is 15.8. The molecule has 4 rings (SSSR count). The summed E-state index contributed by atoms with van der Waals surface area (Å²) in [4.78, 5) is 15.0. The highest BCUT2D eigenvalue weighted by molar-refractivity contribution is 5.29. The van der Waals surface area contributed by atoms with E-state index in [1.54, 1.807) is 24.9 Å². The lowest BCUT2D eigenvalue weighted by Crippen LogP contribution is -2.34. The number of rotatable bonds is 4. The van der Waals surface area contributed by atoms with Crippen LogP contribution in [0.15, 0.2) is 37.2 Å². The number of nitrogens with zero attached hydrogens (tertiary/aromatic N) is 8. The van der Waals surface area contributed by atoms with Crippen LogP contribution in [0.2, 0.25) is 0 Å². The van der Waals surface area contributed by atoms with Crippen molar-refractivity contribution >= 4 is 5.95 Å². The van der Waals surface area contributed by atoms with Gasteiger partial charge in [0.15, 0.2) is 5.82 Å². The molecule has 8 heteroatoms. The summed E-state index contributed by atoms with van der Waals surface area (Å²) in [5, 5.41) is 8.82. The topological polar surface area (TPSA) is 77.5 Å². The van der Waals surface area contributed by atoms with E-state index in [0.29, 0.717) is 12.5 Å². The van der Waals surface area contributed by atoms with Crippen LogP contribution >= 0.6 is 0 Å². The fraction of sp³-hybridized carbons (Fsp3) is 0.438. The lowest BCUT2D eigenvalue weighted by molar-refractivity contribution is 0.467. The Morgan fingerprint density at radius 1 is 1.08 bits per heavy atom. The fourth-order valence-electron chi connectivity index (χ4n) is 3.20. The van der Waals surface area contributed by atoms with Crippen molar-refractivity contribution in [3.63, 3.8) is 0 Å². The second-order valence-electron chi connectivity index (χ2n) is 6.08. The van der Waals surface area contributed by atoms with Crippen molar-refractivity contribution < 1.29 is 0 Å². The Labute approximate surface area is 140 Å². The molecule has 0 N–H and O–H groups in total. The van der Waals surface area contributed by atoms with Crippen LogP contribution < -0.4 is 4.90 Å². The highest BCUT2D eigenvalue weighted by atomic mass is 15.3. The van der Waals surface area contributed by atoms with Crippen LogP contribution in [-0.2, 0) is 13.6 Å². The maximum absolute atomic E-state index is 4.45. The van der Waals surface area contributed by atoms with Crippen molar-refractivity contribution in [2.75, 3.05) is 18.0 Å². The predicted molar refractivity (Wildman–Crippen MR) is 88.6 cm³/mol. The first kappa shape index (κ1) is 14.8. The number of hydrogen-bond donors (Lipinski definition) is 0. The molecule has 0 amide bonds. The van der Waals surface area contributed by atoms with Gasteiger partial charge >= 0.3 is 0 Å². The Morgan fingerprint density at radius 2 is 1.88 bits per heavy atom. The third-order valence-electron chi connectivity index (χ3n) is 4.58. The monoisotopic (exact) mass is 324 g/mol. The molecule has 0 radical (unpaired) electrons. The van der Waals surface area contributed by atoms with Crippen molar-refractivity contribution in [3.05, 3.63) is 48.8 Å². The van der Waals surface area contributed by atoms with Crippen molar-refractivity contribution in [1.82, 2.24) is 34.3 Å². The molecule has 24 heavy (non-hydrogen) atoms. The van der Waals surface area contributed by atoms with Gasteiger partial charge in [0.05, 0.1) is 12.9 Å². The zero-order valence-corrected chi connectivity index (χ0v) is 13.7. The molecular formula is C16H20N8. The van der Waals surface area contributed by atoms with E-state index in [9.17, 15) is 0 Å². The van der Waals surface area contributed by atoms with Gasteiger partial charge in [-0.05, 0) is 18.9 Å². The van der Waals surface area contributed by atoms with E-state index in [2.05, 4.69) is 34.6 Å². The highest BCUT2D eigenvalue weighted by Gasteiger charge is 2.26. The van der Waals surface area contributed by atoms with Crippen LogP contribution in [-0.4, -0.2) is 47.4 Å². The van der Waals surface area contributed by atoms with Gasteiger partial charge in [0, 0.05) is 50.8 Å². The Kier molecular flexibility index (Phi) is 3.94. The van der Waals surface area contributed by atoms with Crippen molar-refractivity contribution in [2.24, 2.45) is 7.05 Å². The molecular weight excluding hydrogens is 304 g/mol. The van der Waals surface area contributed by atoms with Crippen LogP contribution in [0.5, 0.6) is 0 Å². The molecule has 8 nitrogen and oxygen atoms in total. The van der Waals surface area contributed by atoms with Gasteiger partial charge in [0.2, 0.25) is 5.95 Å². The minimum Gasteiger partial charge on any atom is -0.341 e. The number of hydrogen-bond acceptors (Lipinski definition) is 6. The van der Waals surface area contributed by atoms with Gasteiger partial charge in [0.1, 0.15) is 5.82 Å². The summed E-state index contributed by atoms with van der Waals surface area (Å²) in [7, 11) is 2.05. The molecule has 0 unspecified atom stereocenters. The summed E-state index contributed by atoms with van der Waals surface area (Å²) >= 11 is 0. The molecule has 124 valence electrons. The highest BCUT2D eigenvalue weighted by Crippen LogP contribution is 2.28. The molecule has 1 aliphatic rings. The third kappa shape index (κ3) is 2.86. The average Bonchev–Trinajstić information content (AvgIpc) is 3.27. The van der Waals surface area contributed by atoms with Crippen LogP contribution in [0, 0.1) is 0 Å². The first-order valence-corrected chi connectivity index (χ1v) is 8.17. The Balaban J connectivity index is 1.43. The van der Waals surface area contributed by atoms with E-state index in [-0.39, 0.29) is 0 Å². The minimum atomic E-state index is 0.430. The summed E-state index contributed by atoms with van der Waals surface area (Å²) in [6.07, 6.45) is 11.2. The van der Waals surface area contributed by atoms with Crippen molar-refractivity contribution in [3.8, 4) is 0 Å². The van der Waals surface area contributed by atoms with E-state index in [0.717, 1.165) is 43.5 Å². The predicted octanol–water partition coefficient (Wildman–Crippen LogP) is 1.23. The fourth-order valence-corrected chi connectivity index (χ4v) is 3.20. The lowest BCUT2D eigenvalue weighted by atomic mass is 9.96. The van der Waals surface area contributed by atoms with Crippen LogP contribution in [0.4, 0.5) is 5.95 Å². The molecule has 0 aromatic carbocycles. The number of anilines is 1. The standard InChI is InChI=1S/C16H20N8/c1-22-14(11-23-10-7-17-12-23)20-21-15(22)13-3-8-24(9-4-13)16-18-5-2-6-19-16/h2,5-7,10,12-13H,3-4,8-9,11H2,1H3. The van der Waals surface area contributed by atoms with Crippen molar-refractivity contribution in [2.45, 2.75) is 25.3 Å². The molecule has 0 atom stereocenters. The van der Waals surface area contributed by atoms with E-state index in [1.807, 2.05) is 23.9 Å². The molecule has 0 spiro atoms. The largest absolute Gasteiger partial charge is 0.341 e. The molecule has 3 aromatic heterocycles. The van der Waals surface area contributed by atoms with E-state index in [1.165, 1.54) is 0 Å². The Hall–Kier alpha value is -2.77.